The first kappa shape index (κ1) is 21.5. The summed E-state index contributed by atoms with van der Waals surface area (Å²) in [5.74, 6) is 0.272. The second kappa shape index (κ2) is 10.1. The molecular weight excluding hydrogens is 468 g/mol. The molecule has 32 heavy (non-hydrogen) atoms. The van der Waals surface area contributed by atoms with Crippen LogP contribution in [0.25, 0.3) is 11.1 Å². The molecule has 0 radical (unpaired) electrons. The Hall–Kier alpha value is -3.70. The highest BCUT2D eigenvalue weighted by Gasteiger charge is 2.12. The summed E-state index contributed by atoms with van der Waals surface area (Å²) in [4.78, 5) is 24.6. The minimum atomic E-state index is -0.536. The van der Waals surface area contributed by atoms with Gasteiger partial charge in [0.1, 0.15) is 11.5 Å². The van der Waals surface area contributed by atoms with E-state index in [2.05, 4.69) is 15.9 Å². The number of carbonyl (C=O) groups is 2. The van der Waals surface area contributed by atoms with Gasteiger partial charge in [0.15, 0.2) is 12.4 Å². The molecule has 0 spiro atoms. The van der Waals surface area contributed by atoms with Gasteiger partial charge >= 0.3 is 5.97 Å². The van der Waals surface area contributed by atoms with Gasteiger partial charge in [-0.1, -0.05) is 66.7 Å². The third-order valence-corrected chi connectivity index (χ3v) is 5.39. The molecule has 0 amide bonds. The van der Waals surface area contributed by atoms with Crippen LogP contribution < -0.4 is 9.47 Å². The Morgan fingerprint density at radius 3 is 1.97 bits per heavy atom. The average molecular weight is 487 g/mol. The van der Waals surface area contributed by atoms with Crippen LogP contribution in [0.1, 0.15) is 15.9 Å². The number of benzene rings is 4. The predicted molar refractivity (Wildman–Crippen MR) is 127 cm³/mol. The van der Waals surface area contributed by atoms with Gasteiger partial charge in [0, 0.05) is 11.1 Å². The molecule has 4 aromatic rings. The van der Waals surface area contributed by atoms with E-state index < -0.39 is 5.97 Å². The Kier molecular flexibility index (Phi) is 6.78. The Morgan fingerprint density at radius 1 is 0.688 bits per heavy atom. The first-order valence-electron chi connectivity index (χ1n) is 9.98. The molecule has 4 nitrogen and oxygen atoms in total. The van der Waals surface area contributed by atoms with Gasteiger partial charge in [-0.15, -0.1) is 0 Å². The summed E-state index contributed by atoms with van der Waals surface area (Å²) in [5, 5.41) is 0. The minimum absolute atomic E-state index is 0.0874. The van der Waals surface area contributed by atoms with Gasteiger partial charge in [0.05, 0.1) is 4.47 Å². The second-order valence-electron chi connectivity index (χ2n) is 6.99. The number of ketones is 1. The highest BCUT2D eigenvalue weighted by Crippen LogP contribution is 2.30. The maximum absolute atomic E-state index is 12.5. The minimum Gasteiger partial charge on any atom is -0.481 e. The van der Waals surface area contributed by atoms with Gasteiger partial charge in [-0.3, -0.25) is 4.79 Å². The summed E-state index contributed by atoms with van der Waals surface area (Å²) in [6.45, 7) is -0.242. The van der Waals surface area contributed by atoms with E-state index in [1.807, 2.05) is 66.7 Å². The molecule has 4 rings (SSSR count). The summed E-state index contributed by atoms with van der Waals surface area (Å²) in [5.41, 5.74) is 3.26. The quantitative estimate of drug-likeness (QED) is 0.174. The maximum Gasteiger partial charge on any atom is 0.349 e. The van der Waals surface area contributed by atoms with Gasteiger partial charge < -0.3 is 9.47 Å². The third-order valence-electron chi connectivity index (χ3n) is 4.77. The number of rotatable bonds is 7. The predicted octanol–water partition coefficient (Wildman–Crippen LogP) is 6.33. The van der Waals surface area contributed by atoms with Crippen molar-refractivity contribution in [2.45, 2.75) is 0 Å². The lowest BCUT2D eigenvalue weighted by Crippen LogP contribution is -2.17. The number of ether oxygens (including phenoxy) is 2. The zero-order valence-electron chi connectivity index (χ0n) is 17.0. The van der Waals surface area contributed by atoms with Crippen LogP contribution in [0.3, 0.4) is 0 Å². The summed E-state index contributed by atoms with van der Waals surface area (Å²) < 4.78 is 11.7. The van der Waals surface area contributed by atoms with Crippen molar-refractivity contribution in [2.75, 3.05) is 6.61 Å². The normalized spacial score (nSPS) is 10.4. The molecule has 5 heteroatoms. The fourth-order valence-electron chi connectivity index (χ4n) is 3.16. The molecule has 0 saturated heterocycles. The Balaban J connectivity index is 1.34. The zero-order valence-corrected chi connectivity index (χ0v) is 18.6. The standard InChI is InChI=1S/C27H19BrO4/c28-24-17-22(19-7-3-1-4-8-19)13-16-25(24)31-18-26(29)32-23-14-11-21(12-15-23)27(30)20-9-5-2-6-10-20/h1-17H,18H2. The first-order valence-corrected chi connectivity index (χ1v) is 10.8. The highest BCUT2D eigenvalue weighted by molar-refractivity contribution is 9.10. The molecule has 0 N–H and O–H groups in total. The lowest BCUT2D eigenvalue weighted by atomic mass is 10.0. The SMILES string of the molecule is O=C(COc1ccc(-c2ccccc2)cc1Br)Oc1ccc(C(=O)c2ccccc2)cc1. The largest absolute Gasteiger partial charge is 0.481 e. The highest BCUT2D eigenvalue weighted by atomic mass is 79.9. The number of hydrogen-bond donors (Lipinski definition) is 0. The van der Waals surface area contributed by atoms with Crippen LogP contribution in [0.5, 0.6) is 11.5 Å². The Morgan fingerprint density at radius 2 is 1.31 bits per heavy atom. The number of halogens is 1. The van der Waals surface area contributed by atoms with Crippen molar-refractivity contribution >= 4 is 27.7 Å². The fourth-order valence-corrected chi connectivity index (χ4v) is 3.65. The molecule has 0 fully saturated rings. The third kappa shape index (κ3) is 5.31. The van der Waals surface area contributed by atoms with Gasteiger partial charge in [-0.05, 0) is 63.5 Å². The van der Waals surface area contributed by atoms with Crippen LogP contribution in [0.4, 0.5) is 0 Å². The summed E-state index contributed by atoms with van der Waals surface area (Å²) in [6.07, 6.45) is 0. The lowest BCUT2D eigenvalue weighted by molar-refractivity contribution is -0.136. The zero-order chi connectivity index (χ0) is 22.3. The van der Waals surface area contributed by atoms with E-state index >= 15 is 0 Å². The molecular formula is C27H19BrO4. The van der Waals surface area contributed by atoms with Gasteiger partial charge in [-0.25, -0.2) is 4.79 Å². The van der Waals surface area contributed by atoms with Crippen LogP contribution >= 0.6 is 15.9 Å². The summed E-state index contributed by atoms with van der Waals surface area (Å²) in [7, 11) is 0. The molecule has 0 saturated carbocycles. The van der Waals surface area contributed by atoms with Crippen LogP contribution in [0.2, 0.25) is 0 Å². The number of hydrogen-bond acceptors (Lipinski definition) is 4. The lowest BCUT2D eigenvalue weighted by Gasteiger charge is -2.10. The topological polar surface area (TPSA) is 52.6 Å². The molecule has 0 heterocycles. The molecule has 0 aliphatic heterocycles. The molecule has 0 unspecified atom stereocenters. The van der Waals surface area contributed by atoms with E-state index in [-0.39, 0.29) is 12.4 Å². The second-order valence-corrected chi connectivity index (χ2v) is 7.85. The molecule has 0 atom stereocenters. The first-order chi connectivity index (χ1) is 15.6. The number of esters is 1. The van der Waals surface area contributed by atoms with E-state index in [4.69, 9.17) is 9.47 Å². The van der Waals surface area contributed by atoms with Crippen LogP contribution in [-0.2, 0) is 4.79 Å². The van der Waals surface area contributed by atoms with Crippen molar-refractivity contribution in [2.24, 2.45) is 0 Å². The van der Waals surface area contributed by atoms with Crippen molar-refractivity contribution in [1.82, 2.24) is 0 Å². The molecule has 0 aromatic heterocycles. The monoisotopic (exact) mass is 486 g/mol. The molecule has 0 aliphatic rings. The fraction of sp³-hybridized carbons (Fsp3) is 0.0370. The average Bonchev–Trinajstić information content (AvgIpc) is 2.84. The summed E-state index contributed by atoms with van der Waals surface area (Å²) in [6, 6.07) is 31.1. The van der Waals surface area contributed by atoms with Crippen molar-refractivity contribution in [3.8, 4) is 22.6 Å². The van der Waals surface area contributed by atoms with E-state index in [1.165, 1.54) is 0 Å². The van der Waals surface area contributed by atoms with Crippen molar-refractivity contribution in [3.63, 3.8) is 0 Å². The van der Waals surface area contributed by atoms with Gasteiger partial charge in [0.2, 0.25) is 0 Å². The van der Waals surface area contributed by atoms with E-state index in [0.717, 1.165) is 15.6 Å². The van der Waals surface area contributed by atoms with Crippen molar-refractivity contribution in [3.05, 3.63) is 119 Å². The summed E-state index contributed by atoms with van der Waals surface area (Å²) >= 11 is 3.49. The van der Waals surface area contributed by atoms with E-state index in [0.29, 0.717) is 22.6 Å². The van der Waals surface area contributed by atoms with Gasteiger partial charge in [-0.2, -0.15) is 0 Å². The van der Waals surface area contributed by atoms with Gasteiger partial charge in [0.25, 0.3) is 0 Å². The maximum atomic E-state index is 12.5. The van der Waals surface area contributed by atoms with E-state index in [9.17, 15) is 9.59 Å². The molecule has 0 bridgehead atoms. The van der Waals surface area contributed by atoms with Crippen molar-refractivity contribution < 1.29 is 19.1 Å². The Bertz CT molecular complexity index is 1220. The van der Waals surface area contributed by atoms with Crippen LogP contribution in [0.15, 0.2) is 108 Å². The Labute approximate surface area is 194 Å². The molecule has 158 valence electrons. The van der Waals surface area contributed by atoms with Crippen LogP contribution in [0, 0.1) is 0 Å². The molecule has 0 aliphatic carbocycles. The van der Waals surface area contributed by atoms with Crippen LogP contribution in [-0.4, -0.2) is 18.4 Å². The van der Waals surface area contributed by atoms with E-state index in [1.54, 1.807) is 36.4 Å². The molecule has 4 aromatic carbocycles. The van der Waals surface area contributed by atoms with Crippen molar-refractivity contribution in [1.29, 1.82) is 0 Å². The smallest absolute Gasteiger partial charge is 0.349 e. The number of carbonyl (C=O) groups excluding carboxylic acids is 2.